The van der Waals surface area contributed by atoms with E-state index in [0.717, 1.165) is 5.56 Å². The van der Waals surface area contributed by atoms with Gasteiger partial charge in [-0.15, -0.1) is 0 Å². The average molecular weight is 346 g/mol. The van der Waals surface area contributed by atoms with E-state index in [9.17, 15) is 9.18 Å². The van der Waals surface area contributed by atoms with Crippen molar-refractivity contribution < 1.29 is 13.6 Å². The van der Waals surface area contributed by atoms with Crippen molar-refractivity contribution in [3.05, 3.63) is 59.3 Å². The number of hydrogen-bond acceptors (Lipinski definition) is 3. The van der Waals surface area contributed by atoms with Crippen molar-refractivity contribution in [2.45, 2.75) is 25.8 Å². The van der Waals surface area contributed by atoms with E-state index in [1.165, 1.54) is 18.2 Å². The summed E-state index contributed by atoms with van der Waals surface area (Å²) in [5.41, 5.74) is 5.76. The van der Waals surface area contributed by atoms with Gasteiger partial charge in [-0.2, -0.15) is 0 Å². The predicted molar refractivity (Wildman–Crippen MR) is 94.9 cm³/mol. The number of nitrogens with one attached hydrogen (secondary N) is 2. The molecule has 4 N–H and O–H groups in total. The van der Waals surface area contributed by atoms with Gasteiger partial charge in [0, 0.05) is 19.0 Å². The Morgan fingerprint density at radius 3 is 2.64 bits per heavy atom. The standard InChI is InChI=1S/C18H23FN4O2/c1-18(2,12-5-4-6-13(19)9-12)11-23-17(21-3)22-10-14-7-8-15(25-14)16(20)24/h4-9H,10-11H2,1-3H3,(H2,20,24)(H2,21,22,23). The first-order chi connectivity index (χ1) is 11.8. The summed E-state index contributed by atoms with van der Waals surface area (Å²) < 4.78 is 18.7. The van der Waals surface area contributed by atoms with Crippen molar-refractivity contribution in [1.29, 1.82) is 0 Å². The molecule has 0 saturated carbocycles. The van der Waals surface area contributed by atoms with E-state index in [1.54, 1.807) is 19.2 Å². The predicted octanol–water partition coefficient (Wildman–Crippen LogP) is 2.16. The van der Waals surface area contributed by atoms with Crippen LogP contribution in [0.4, 0.5) is 4.39 Å². The minimum Gasteiger partial charge on any atom is -0.454 e. The lowest BCUT2D eigenvalue weighted by atomic mass is 9.84. The van der Waals surface area contributed by atoms with Crippen molar-refractivity contribution in [2.75, 3.05) is 13.6 Å². The molecule has 0 saturated heterocycles. The summed E-state index contributed by atoms with van der Waals surface area (Å²) in [6.07, 6.45) is 0. The molecule has 1 aromatic carbocycles. The van der Waals surface area contributed by atoms with Crippen molar-refractivity contribution in [3.8, 4) is 0 Å². The van der Waals surface area contributed by atoms with Crippen LogP contribution in [0.3, 0.4) is 0 Å². The average Bonchev–Trinajstić information content (AvgIpc) is 3.04. The number of primary amides is 1. The van der Waals surface area contributed by atoms with Crippen LogP contribution in [-0.2, 0) is 12.0 Å². The highest BCUT2D eigenvalue weighted by atomic mass is 19.1. The molecule has 134 valence electrons. The number of furan rings is 1. The Bertz CT molecular complexity index is 768. The lowest BCUT2D eigenvalue weighted by molar-refractivity contribution is 0.0972. The van der Waals surface area contributed by atoms with Crippen LogP contribution < -0.4 is 16.4 Å². The lowest BCUT2D eigenvalue weighted by Crippen LogP contribution is -2.43. The summed E-state index contributed by atoms with van der Waals surface area (Å²) in [6, 6.07) is 9.77. The molecule has 0 aliphatic heterocycles. The zero-order chi connectivity index (χ0) is 18.4. The van der Waals surface area contributed by atoms with Crippen LogP contribution in [-0.4, -0.2) is 25.5 Å². The molecule has 1 amide bonds. The van der Waals surface area contributed by atoms with E-state index in [2.05, 4.69) is 15.6 Å². The van der Waals surface area contributed by atoms with Crippen LogP contribution in [0, 0.1) is 5.82 Å². The molecule has 0 aliphatic rings. The second-order valence-electron chi connectivity index (χ2n) is 6.30. The van der Waals surface area contributed by atoms with Crippen LogP contribution in [0.25, 0.3) is 0 Å². The number of aliphatic imine (C=N–C) groups is 1. The molecule has 0 atom stereocenters. The zero-order valence-electron chi connectivity index (χ0n) is 14.6. The van der Waals surface area contributed by atoms with Crippen molar-refractivity contribution >= 4 is 11.9 Å². The second-order valence-corrected chi connectivity index (χ2v) is 6.30. The minimum atomic E-state index is -0.606. The zero-order valence-corrected chi connectivity index (χ0v) is 14.6. The van der Waals surface area contributed by atoms with E-state index in [0.29, 0.717) is 24.8 Å². The number of amides is 1. The maximum absolute atomic E-state index is 13.4. The van der Waals surface area contributed by atoms with Gasteiger partial charge in [-0.05, 0) is 29.8 Å². The Morgan fingerprint density at radius 1 is 1.28 bits per heavy atom. The van der Waals surface area contributed by atoms with Gasteiger partial charge < -0.3 is 20.8 Å². The molecule has 2 rings (SSSR count). The molecule has 7 heteroatoms. The molecule has 0 aliphatic carbocycles. The maximum atomic E-state index is 13.4. The van der Waals surface area contributed by atoms with Gasteiger partial charge in [-0.3, -0.25) is 9.79 Å². The number of carbonyl (C=O) groups excluding carboxylic acids is 1. The molecule has 0 spiro atoms. The first kappa shape index (κ1) is 18.5. The van der Waals surface area contributed by atoms with Gasteiger partial charge >= 0.3 is 0 Å². The fraction of sp³-hybridized carbons (Fsp3) is 0.333. The third-order valence-corrected chi connectivity index (χ3v) is 3.86. The Balaban J connectivity index is 1.92. The molecular formula is C18H23FN4O2. The van der Waals surface area contributed by atoms with Gasteiger partial charge in [-0.1, -0.05) is 26.0 Å². The van der Waals surface area contributed by atoms with Gasteiger partial charge in [0.05, 0.1) is 6.54 Å². The smallest absolute Gasteiger partial charge is 0.284 e. The van der Waals surface area contributed by atoms with Crippen LogP contribution in [0.5, 0.6) is 0 Å². The minimum absolute atomic E-state index is 0.118. The molecular weight excluding hydrogens is 323 g/mol. The van der Waals surface area contributed by atoms with Gasteiger partial charge in [0.15, 0.2) is 11.7 Å². The number of nitrogens with zero attached hydrogens (tertiary/aromatic N) is 1. The fourth-order valence-corrected chi connectivity index (χ4v) is 2.31. The molecule has 1 heterocycles. The molecule has 2 aromatic rings. The third kappa shape index (κ3) is 5.07. The first-order valence-electron chi connectivity index (χ1n) is 7.91. The van der Waals surface area contributed by atoms with E-state index in [1.807, 2.05) is 19.9 Å². The number of benzene rings is 1. The number of rotatable bonds is 6. The quantitative estimate of drug-likeness (QED) is 0.552. The number of hydrogen-bond donors (Lipinski definition) is 3. The molecule has 1 aromatic heterocycles. The van der Waals surface area contributed by atoms with E-state index in [-0.39, 0.29) is 17.0 Å². The van der Waals surface area contributed by atoms with Gasteiger partial charge in [0.2, 0.25) is 0 Å². The monoisotopic (exact) mass is 346 g/mol. The molecule has 0 bridgehead atoms. The van der Waals surface area contributed by atoms with Gasteiger partial charge in [0.25, 0.3) is 5.91 Å². The van der Waals surface area contributed by atoms with Gasteiger partial charge in [-0.25, -0.2) is 4.39 Å². The summed E-state index contributed by atoms with van der Waals surface area (Å²) in [6.45, 7) is 4.95. The molecule has 6 nitrogen and oxygen atoms in total. The SMILES string of the molecule is CN=C(NCc1ccc(C(N)=O)o1)NCC(C)(C)c1cccc(F)c1. The number of carbonyl (C=O) groups is 1. The normalized spacial score (nSPS) is 12.1. The molecule has 0 unspecified atom stereocenters. The first-order valence-corrected chi connectivity index (χ1v) is 7.91. The molecule has 25 heavy (non-hydrogen) atoms. The Labute approximate surface area is 146 Å². The second kappa shape index (κ2) is 7.83. The molecule has 0 radical (unpaired) electrons. The van der Waals surface area contributed by atoms with E-state index in [4.69, 9.17) is 10.2 Å². The van der Waals surface area contributed by atoms with Crippen molar-refractivity contribution in [3.63, 3.8) is 0 Å². The topological polar surface area (TPSA) is 92.6 Å². The number of nitrogens with two attached hydrogens (primary N) is 1. The van der Waals surface area contributed by atoms with E-state index < -0.39 is 5.91 Å². The summed E-state index contributed by atoms with van der Waals surface area (Å²) >= 11 is 0. The summed E-state index contributed by atoms with van der Waals surface area (Å²) in [5, 5.41) is 6.30. The Morgan fingerprint density at radius 2 is 2.04 bits per heavy atom. The summed E-state index contributed by atoms with van der Waals surface area (Å²) in [5.74, 6) is 0.399. The number of halogens is 1. The van der Waals surface area contributed by atoms with Crippen molar-refractivity contribution in [2.24, 2.45) is 10.7 Å². The lowest BCUT2D eigenvalue weighted by Gasteiger charge is -2.26. The van der Waals surface area contributed by atoms with Crippen LogP contribution in [0.1, 0.15) is 35.7 Å². The number of guanidine groups is 1. The third-order valence-electron chi connectivity index (χ3n) is 3.86. The summed E-state index contributed by atoms with van der Waals surface area (Å²) in [4.78, 5) is 15.2. The van der Waals surface area contributed by atoms with E-state index >= 15 is 0 Å². The highest BCUT2D eigenvalue weighted by Gasteiger charge is 2.21. The fourth-order valence-electron chi connectivity index (χ4n) is 2.31. The Kier molecular flexibility index (Phi) is 5.80. The van der Waals surface area contributed by atoms with Gasteiger partial charge in [0.1, 0.15) is 11.6 Å². The molecule has 0 fully saturated rings. The highest BCUT2D eigenvalue weighted by Crippen LogP contribution is 2.22. The van der Waals surface area contributed by atoms with Crippen molar-refractivity contribution in [1.82, 2.24) is 10.6 Å². The highest BCUT2D eigenvalue weighted by molar-refractivity contribution is 5.89. The maximum Gasteiger partial charge on any atom is 0.284 e. The van der Waals surface area contributed by atoms with Crippen LogP contribution in [0.2, 0.25) is 0 Å². The largest absolute Gasteiger partial charge is 0.454 e. The summed E-state index contributed by atoms with van der Waals surface area (Å²) in [7, 11) is 1.65. The Hall–Kier alpha value is -2.83. The van der Waals surface area contributed by atoms with Crippen LogP contribution >= 0.6 is 0 Å². The van der Waals surface area contributed by atoms with Crippen LogP contribution in [0.15, 0.2) is 45.8 Å².